The summed E-state index contributed by atoms with van der Waals surface area (Å²) in [6, 6.07) is 14.5. The first kappa shape index (κ1) is 14.9. The molecule has 2 aromatic carbocycles. The molecule has 4 heteroatoms. The van der Waals surface area contributed by atoms with Crippen LogP contribution >= 0.6 is 0 Å². The van der Waals surface area contributed by atoms with Crippen LogP contribution in [0.3, 0.4) is 0 Å². The largest absolute Gasteiger partial charge is 0.506 e. The van der Waals surface area contributed by atoms with Gasteiger partial charge in [-0.15, -0.1) is 0 Å². The zero-order chi connectivity index (χ0) is 15.9. The molecule has 1 aliphatic heterocycles. The van der Waals surface area contributed by atoms with Gasteiger partial charge in [-0.05, 0) is 24.3 Å². The van der Waals surface area contributed by atoms with E-state index in [0.29, 0.717) is 16.6 Å². The van der Waals surface area contributed by atoms with Crippen molar-refractivity contribution >= 4 is 11.4 Å². The van der Waals surface area contributed by atoms with Gasteiger partial charge in [-0.3, -0.25) is 0 Å². The van der Waals surface area contributed by atoms with Crippen molar-refractivity contribution in [3.05, 3.63) is 54.3 Å². The number of hydrogen-bond acceptors (Lipinski definition) is 2. The van der Waals surface area contributed by atoms with Gasteiger partial charge in [0.25, 0.3) is 0 Å². The highest BCUT2D eigenvalue weighted by atomic mass is 19.1. The molecule has 1 aliphatic rings. The third kappa shape index (κ3) is 2.24. The lowest BCUT2D eigenvalue weighted by atomic mass is 10.1. The monoisotopic (exact) mass is 301 g/mol. The molecular formula is C18H22FN2O+. The number of nitrogens with zero attached hydrogens (tertiary/aromatic N) is 2. The van der Waals surface area contributed by atoms with E-state index in [1.54, 1.807) is 6.07 Å². The second-order valence-corrected chi connectivity index (χ2v) is 6.31. The van der Waals surface area contributed by atoms with E-state index in [0.717, 1.165) is 17.9 Å². The van der Waals surface area contributed by atoms with E-state index in [2.05, 4.69) is 18.9 Å². The predicted molar refractivity (Wildman–Crippen MR) is 88.2 cm³/mol. The van der Waals surface area contributed by atoms with Crippen molar-refractivity contribution in [1.29, 1.82) is 0 Å². The van der Waals surface area contributed by atoms with Crippen molar-refractivity contribution in [2.24, 2.45) is 5.92 Å². The predicted octanol–water partition coefficient (Wildman–Crippen LogP) is 3.93. The topological polar surface area (TPSA) is 23.5 Å². The summed E-state index contributed by atoms with van der Waals surface area (Å²) in [7, 11) is 1.99. The van der Waals surface area contributed by atoms with Crippen molar-refractivity contribution in [2.75, 3.05) is 18.6 Å². The molecule has 0 saturated carbocycles. The molecule has 2 unspecified atom stereocenters. The van der Waals surface area contributed by atoms with Crippen LogP contribution in [0.5, 0.6) is 5.75 Å². The molecule has 2 aromatic rings. The van der Waals surface area contributed by atoms with Gasteiger partial charge in [0.15, 0.2) is 18.3 Å². The van der Waals surface area contributed by atoms with Gasteiger partial charge in [-0.1, -0.05) is 26.0 Å². The van der Waals surface area contributed by atoms with Crippen LogP contribution in [0.25, 0.3) is 0 Å². The van der Waals surface area contributed by atoms with Crippen LogP contribution in [0, 0.1) is 11.7 Å². The van der Waals surface area contributed by atoms with Gasteiger partial charge in [0, 0.05) is 18.1 Å². The Kier molecular flexibility index (Phi) is 3.57. The number of para-hydroxylation sites is 2. The molecule has 116 valence electrons. The molecule has 0 radical (unpaired) electrons. The van der Waals surface area contributed by atoms with Gasteiger partial charge in [0.1, 0.15) is 17.3 Å². The highest BCUT2D eigenvalue weighted by molar-refractivity contribution is 5.64. The maximum atomic E-state index is 13.3. The van der Waals surface area contributed by atoms with Gasteiger partial charge in [0.2, 0.25) is 0 Å². The summed E-state index contributed by atoms with van der Waals surface area (Å²) >= 11 is 0. The molecule has 1 heterocycles. The normalized spacial score (nSPS) is 23.6. The average molecular weight is 301 g/mol. The average Bonchev–Trinajstić information content (AvgIpc) is 3.25. The molecular weight excluding hydrogens is 279 g/mol. The fraction of sp³-hybridized carbons (Fsp3) is 0.333. The molecule has 2 atom stereocenters. The van der Waals surface area contributed by atoms with Crippen LogP contribution in [0.2, 0.25) is 0 Å². The summed E-state index contributed by atoms with van der Waals surface area (Å²) in [5.41, 5.74) is 1.83. The van der Waals surface area contributed by atoms with Crippen LogP contribution < -0.4 is 9.60 Å². The molecule has 1 fully saturated rings. The number of phenols is 1. The number of hydrogen-bond donors (Lipinski definition) is 1. The molecule has 0 spiro atoms. The summed E-state index contributed by atoms with van der Waals surface area (Å²) in [5.74, 6) is 0.535. The second-order valence-electron chi connectivity index (χ2n) is 6.31. The van der Waals surface area contributed by atoms with Crippen LogP contribution in [-0.2, 0) is 0 Å². The van der Waals surface area contributed by atoms with Crippen molar-refractivity contribution in [3.63, 3.8) is 0 Å². The Labute approximate surface area is 130 Å². The molecule has 1 saturated heterocycles. The van der Waals surface area contributed by atoms with Crippen molar-refractivity contribution in [2.45, 2.75) is 19.9 Å². The first-order chi connectivity index (χ1) is 10.5. The molecule has 0 amide bonds. The molecule has 1 N–H and O–H groups in total. The van der Waals surface area contributed by atoms with E-state index in [1.807, 2.05) is 37.4 Å². The highest BCUT2D eigenvalue weighted by Gasteiger charge is 2.62. The minimum Gasteiger partial charge on any atom is -0.506 e. The Morgan fingerprint density at radius 2 is 1.77 bits per heavy atom. The van der Waals surface area contributed by atoms with Crippen molar-refractivity contribution in [1.82, 2.24) is 4.59 Å². The zero-order valence-corrected chi connectivity index (χ0v) is 13.2. The summed E-state index contributed by atoms with van der Waals surface area (Å²) < 4.78 is 13.9. The zero-order valence-electron chi connectivity index (χ0n) is 13.2. The van der Waals surface area contributed by atoms with Crippen molar-refractivity contribution in [3.8, 4) is 5.75 Å². The number of aromatic hydroxyl groups is 1. The lowest BCUT2D eigenvalue weighted by Gasteiger charge is -2.32. The van der Waals surface area contributed by atoms with E-state index >= 15 is 0 Å². The van der Waals surface area contributed by atoms with E-state index in [1.165, 1.54) is 12.1 Å². The standard InChI is InChI=1S/C18H21FN2O/c1-13(2)17-12-21(17,15-10-8-14(19)9-11-15)20(3)16-6-4-5-7-18(16)22/h4-11,13,17H,12H2,1-3H3/p+1. The van der Waals surface area contributed by atoms with Gasteiger partial charge in [0.05, 0.1) is 7.05 Å². The molecule has 22 heavy (non-hydrogen) atoms. The van der Waals surface area contributed by atoms with E-state index in [4.69, 9.17) is 0 Å². The maximum absolute atomic E-state index is 13.3. The molecule has 3 nitrogen and oxygen atoms in total. The lowest BCUT2D eigenvalue weighted by molar-refractivity contribution is 0.413. The minimum atomic E-state index is -0.227. The Morgan fingerprint density at radius 3 is 2.32 bits per heavy atom. The number of benzene rings is 2. The summed E-state index contributed by atoms with van der Waals surface area (Å²) in [6.45, 7) is 5.36. The molecule has 3 rings (SSSR count). The molecule has 0 aromatic heterocycles. The maximum Gasteiger partial charge on any atom is 0.171 e. The van der Waals surface area contributed by atoms with Gasteiger partial charge in [-0.25, -0.2) is 9.40 Å². The SMILES string of the molecule is CC(C)C1C[N+]1(c1ccc(F)cc1)N(C)c1ccccc1O. The van der Waals surface area contributed by atoms with Crippen LogP contribution in [-0.4, -0.2) is 24.7 Å². The van der Waals surface area contributed by atoms with Crippen LogP contribution in [0.15, 0.2) is 48.5 Å². The van der Waals surface area contributed by atoms with Gasteiger partial charge < -0.3 is 5.11 Å². The summed E-state index contributed by atoms with van der Waals surface area (Å²) in [6.07, 6.45) is 0. The summed E-state index contributed by atoms with van der Waals surface area (Å²) in [4.78, 5) is 0. The number of rotatable bonds is 4. The van der Waals surface area contributed by atoms with E-state index in [-0.39, 0.29) is 11.6 Å². The van der Waals surface area contributed by atoms with Gasteiger partial charge >= 0.3 is 0 Å². The smallest absolute Gasteiger partial charge is 0.171 e. The Hall–Kier alpha value is -2.07. The minimum absolute atomic E-state index is 0.227. The van der Waals surface area contributed by atoms with Crippen LogP contribution in [0.4, 0.5) is 15.8 Å². The third-order valence-corrected chi connectivity index (χ3v) is 4.69. The Bertz CT molecular complexity index is 671. The summed E-state index contributed by atoms with van der Waals surface area (Å²) in [5, 5.41) is 12.3. The van der Waals surface area contributed by atoms with Crippen LogP contribution in [0.1, 0.15) is 13.8 Å². The van der Waals surface area contributed by atoms with E-state index < -0.39 is 0 Å². The Balaban J connectivity index is 2.05. The second kappa shape index (κ2) is 5.29. The first-order valence-electron chi connectivity index (χ1n) is 7.63. The number of phenolic OH excluding ortho intramolecular Hbond substituents is 1. The van der Waals surface area contributed by atoms with Crippen molar-refractivity contribution < 1.29 is 9.50 Å². The fourth-order valence-electron chi connectivity index (χ4n) is 3.39. The number of halogens is 1. The lowest BCUT2D eigenvalue weighted by Crippen LogP contribution is -2.47. The third-order valence-electron chi connectivity index (χ3n) is 4.69. The Morgan fingerprint density at radius 1 is 1.14 bits per heavy atom. The number of quaternary nitrogens is 1. The molecule has 0 aliphatic carbocycles. The fourth-order valence-corrected chi connectivity index (χ4v) is 3.39. The van der Waals surface area contributed by atoms with E-state index in [9.17, 15) is 9.50 Å². The number of anilines is 1. The first-order valence-corrected chi connectivity index (χ1v) is 7.63. The molecule has 0 bridgehead atoms. The highest BCUT2D eigenvalue weighted by Crippen LogP contribution is 2.46. The quantitative estimate of drug-likeness (QED) is 0.683. The van der Waals surface area contributed by atoms with Gasteiger partial charge in [-0.2, -0.15) is 4.59 Å².